The van der Waals surface area contributed by atoms with Crippen molar-refractivity contribution in [2.45, 2.75) is 62.7 Å². The lowest BCUT2D eigenvalue weighted by atomic mass is 10.0. The number of carboxylic acids is 2. The Morgan fingerprint density at radius 1 is 0.865 bits per heavy atom. The van der Waals surface area contributed by atoms with E-state index in [4.69, 9.17) is 16.6 Å². The Balaban J connectivity index is 2.98. The van der Waals surface area contributed by atoms with Gasteiger partial charge < -0.3 is 37.6 Å². The van der Waals surface area contributed by atoms with Gasteiger partial charge in [0, 0.05) is 6.42 Å². The van der Waals surface area contributed by atoms with E-state index in [-0.39, 0.29) is 19.3 Å². The van der Waals surface area contributed by atoms with Crippen LogP contribution >= 0.6 is 11.8 Å². The second-order valence-electron chi connectivity index (χ2n) is 8.48. The number of carboxylic acid groups (broad SMARTS) is 2. The molecule has 4 unspecified atom stereocenters. The minimum atomic E-state index is -1.35. The third kappa shape index (κ3) is 12.6. The Morgan fingerprint density at radius 3 is 1.97 bits per heavy atom. The summed E-state index contributed by atoms with van der Waals surface area (Å²) in [6, 6.07) is 4.12. The van der Waals surface area contributed by atoms with Crippen molar-refractivity contribution in [2.24, 2.45) is 11.5 Å². The lowest BCUT2D eigenvalue weighted by Crippen LogP contribution is -2.57. The van der Waals surface area contributed by atoms with Gasteiger partial charge in [0.25, 0.3) is 0 Å². The van der Waals surface area contributed by atoms with Gasteiger partial charge in [0.1, 0.15) is 18.1 Å². The number of benzene rings is 1. The molecule has 0 bridgehead atoms. The molecular formula is C24H37N5O7S. The summed E-state index contributed by atoms with van der Waals surface area (Å²) >= 11 is 1.44. The smallest absolute Gasteiger partial charge is 0.326 e. The molecule has 0 radical (unpaired) electrons. The molecule has 0 aliphatic carbocycles. The molecule has 0 aliphatic heterocycles. The van der Waals surface area contributed by atoms with Crippen LogP contribution in [0.3, 0.4) is 0 Å². The van der Waals surface area contributed by atoms with Crippen LogP contribution in [-0.4, -0.2) is 82.6 Å². The van der Waals surface area contributed by atoms with Crippen LogP contribution in [0.2, 0.25) is 0 Å². The fourth-order valence-electron chi connectivity index (χ4n) is 3.42. The van der Waals surface area contributed by atoms with E-state index in [1.54, 1.807) is 30.3 Å². The van der Waals surface area contributed by atoms with Crippen LogP contribution < -0.4 is 27.4 Å². The van der Waals surface area contributed by atoms with Crippen molar-refractivity contribution < 1.29 is 34.2 Å². The lowest BCUT2D eigenvalue weighted by Gasteiger charge is -2.25. The Kier molecular flexibility index (Phi) is 14.9. The molecule has 3 amide bonds. The predicted octanol–water partition coefficient (Wildman–Crippen LogP) is -0.548. The Hall–Kier alpha value is -3.16. The molecule has 0 aromatic heterocycles. The van der Waals surface area contributed by atoms with E-state index < -0.39 is 60.2 Å². The Morgan fingerprint density at radius 2 is 1.43 bits per heavy atom. The average molecular weight is 540 g/mol. The lowest BCUT2D eigenvalue weighted by molar-refractivity contribution is -0.142. The van der Waals surface area contributed by atoms with Crippen LogP contribution in [0.25, 0.3) is 0 Å². The number of nitrogens with one attached hydrogen (secondary N) is 3. The number of amides is 3. The molecule has 1 aromatic carbocycles. The number of hydrogen-bond acceptors (Lipinski definition) is 8. The molecule has 0 saturated carbocycles. The van der Waals surface area contributed by atoms with E-state index in [1.807, 2.05) is 6.26 Å². The standard InChI is InChI=1S/C24H37N5O7S/c1-37-12-10-18(23(34)29-19(24(35)36)13-15-7-3-2-4-8-15)28-22(33)17(9-5-6-11-25)27-21(32)16(26)14-20(30)31/h2-4,7-8,16-19H,5-6,9-14,25-26H2,1H3,(H,27,32)(H,28,33)(H,29,34)(H,30,31)(H,35,36). The molecule has 0 spiro atoms. The van der Waals surface area contributed by atoms with Crippen LogP contribution in [0, 0.1) is 0 Å². The monoisotopic (exact) mass is 539 g/mol. The van der Waals surface area contributed by atoms with Crippen LogP contribution in [-0.2, 0) is 30.4 Å². The zero-order valence-corrected chi connectivity index (χ0v) is 21.7. The van der Waals surface area contributed by atoms with Crippen LogP contribution in [0.1, 0.15) is 37.7 Å². The molecule has 1 aromatic rings. The van der Waals surface area contributed by atoms with Crippen molar-refractivity contribution in [3.05, 3.63) is 35.9 Å². The highest BCUT2D eigenvalue weighted by Crippen LogP contribution is 2.08. The van der Waals surface area contributed by atoms with Crippen molar-refractivity contribution in [2.75, 3.05) is 18.6 Å². The summed E-state index contributed by atoms with van der Waals surface area (Å²) in [5.41, 5.74) is 11.9. The molecule has 12 nitrogen and oxygen atoms in total. The molecule has 0 heterocycles. The molecule has 0 aliphatic rings. The summed E-state index contributed by atoms with van der Waals surface area (Å²) in [7, 11) is 0. The summed E-state index contributed by atoms with van der Waals surface area (Å²) in [5, 5.41) is 26.1. The zero-order valence-electron chi connectivity index (χ0n) is 20.9. The highest BCUT2D eigenvalue weighted by Gasteiger charge is 2.30. The van der Waals surface area contributed by atoms with Crippen molar-refractivity contribution in [1.82, 2.24) is 16.0 Å². The van der Waals surface area contributed by atoms with E-state index in [2.05, 4.69) is 16.0 Å². The number of thioether (sulfide) groups is 1. The Labute approximate surface area is 220 Å². The number of carbonyl (C=O) groups is 5. The van der Waals surface area contributed by atoms with Gasteiger partial charge in [-0.3, -0.25) is 19.2 Å². The van der Waals surface area contributed by atoms with E-state index in [1.165, 1.54) is 11.8 Å². The molecule has 37 heavy (non-hydrogen) atoms. The summed E-state index contributed by atoms with van der Waals surface area (Å²) in [5.74, 6) is -4.11. The van der Waals surface area contributed by atoms with Crippen molar-refractivity contribution in [1.29, 1.82) is 0 Å². The van der Waals surface area contributed by atoms with Crippen molar-refractivity contribution in [3.63, 3.8) is 0 Å². The maximum absolute atomic E-state index is 13.1. The molecule has 9 N–H and O–H groups in total. The first kappa shape index (κ1) is 31.9. The number of nitrogens with two attached hydrogens (primary N) is 2. The molecule has 13 heteroatoms. The summed E-state index contributed by atoms with van der Waals surface area (Å²) in [6.45, 7) is 0.373. The summed E-state index contributed by atoms with van der Waals surface area (Å²) < 4.78 is 0. The molecule has 0 saturated heterocycles. The fourth-order valence-corrected chi connectivity index (χ4v) is 3.89. The number of hydrogen-bond donors (Lipinski definition) is 7. The predicted molar refractivity (Wildman–Crippen MR) is 140 cm³/mol. The van der Waals surface area contributed by atoms with Gasteiger partial charge in [-0.25, -0.2) is 4.79 Å². The first-order valence-corrected chi connectivity index (χ1v) is 13.3. The quantitative estimate of drug-likeness (QED) is 0.118. The van der Waals surface area contributed by atoms with Gasteiger partial charge in [-0.05, 0) is 49.8 Å². The van der Waals surface area contributed by atoms with Crippen molar-refractivity contribution >= 4 is 41.4 Å². The topological polar surface area (TPSA) is 214 Å². The minimum Gasteiger partial charge on any atom is -0.481 e. The van der Waals surface area contributed by atoms with Gasteiger partial charge >= 0.3 is 11.9 Å². The van der Waals surface area contributed by atoms with E-state index in [9.17, 15) is 29.1 Å². The number of unbranched alkanes of at least 4 members (excludes halogenated alkanes) is 1. The van der Waals surface area contributed by atoms with Gasteiger partial charge in [0.05, 0.1) is 12.5 Å². The molecule has 0 fully saturated rings. The number of carbonyl (C=O) groups excluding carboxylic acids is 3. The van der Waals surface area contributed by atoms with E-state index >= 15 is 0 Å². The van der Waals surface area contributed by atoms with Crippen LogP contribution in [0.5, 0.6) is 0 Å². The van der Waals surface area contributed by atoms with Crippen LogP contribution in [0.4, 0.5) is 0 Å². The normalized spacial score (nSPS) is 14.0. The highest BCUT2D eigenvalue weighted by atomic mass is 32.2. The zero-order chi connectivity index (χ0) is 27.8. The average Bonchev–Trinajstić information content (AvgIpc) is 2.85. The number of aliphatic carboxylic acids is 2. The molecule has 206 valence electrons. The third-order valence-electron chi connectivity index (χ3n) is 5.45. The van der Waals surface area contributed by atoms with Gasteiger partial charge in [-0.1, -0.05) is 30.3 Å². The fraction of sp³-hybridized carbons (Fsp3) is 0.542. The largest absolute Gasteiger partial charge is 0.481 e. The summed E-state index contributed by atoms with van der Waals surface area (Å²) in [4.78, 5) is 61.2. The highest BCUT2D eigenvalue weighted by molar-refractivity contribution is 7.98. The third-order valence-corrected chi connectivity index (χ3v) is 6.10. The van der Waals surface area contributed by atoms with E-state index in [0.29, 0.717) is 25.1 Å². The minimum absolute atomic E-state index is 0.0599. The van der Waals surface area contributed by atoms with Gasteiger partial charge in [0.15, 0.2) is 0 Å². The Bertz CT molecular complexity index is 903. The second-order valence-corrected chi connectivity index (χ2v) is 9.47. The van der Waals surface area contributed by atoms with E-state index in [0.717, 1.165) is 5.56 Å². The molecular weight excluding hydrogens is 502 g/mol. The van der Waals surface area contributed by atoms with Crippen LogP contribution in [0.15, 0.2) is 30.3 Å². The number of rotatable bonds is 18. The second kappa shape index (κ2) is 17.3. The first-order valence-electron chi connectivity index (χ1n) is 11.9. The maximum Gasteiger partial charge on any atom is 0.326 e. The molecule has 4 atom stereocenters. The van der Waals surface area contributed by atoms with Crippen molar-refractivity contribution in [3.8, 4) is 0 Å². The maximum atomic E-state index is 13.1. The van der Waals surface area contributed by atoms with Gasteiger partial charge in [0.2, 0.25) is 17.7 Å². The summed E-state index contributed by atoms with van der Waals surface area (Å²) in [6.07, 6.45) is 2.76. The van der Waals surface area contributed by atoms with Gasteiger partial charge in [-0.2, -0.15) is 11.8 Å². The molecule has 1 rings (SSSR count). The SMILES string of the molecule is CSCCC(NC(=O)C(CCCCN)NC(=O)C(N)CC(=O)O)C(=O)NC(Cc1ccccc1)C(=O)O. The van der Waals surface area contributed by atoms with Gasteiger partial charge in [-0.15, -0.1) is 0 Å². The first-order chi connectivity index (χ1) is 17.6.